The summed E-state index contributed by atoms with van der Waals surface area (Å²) in [6.45, 7) is 0. The third-order valence-corrected chi connectivity index (χ3v) is 2.89. The molecule has 0 radical (unpaired) electrons. The lowest BCUT2D eigenvalue weighted by Gasteiger charge is -2.07. The molecule has 20 heavy (non-hydrogen) atoms. The van der Waals surface area contributed by atoms with E-state index < -0.39 is 5.91 Å². The first-order valence-electron chi connectivity index (χ1n) is 5.99. The quantitative estimate of drug-likeness (QED) is 0.908. The summed E-state index contributed by atoms with van der Waals surface area (Å²) in [6, 6.07) is 13.9. The molecule has 0 aromatic heterocycles. The van der Waals surface area contributed by atoms with Crippen LogP contribution in [-0.2, 0) is 11.2 Å². The summed E-state index contributed by atoms with van der Waals surface area (Å²) in [5.74, 6) is -0.778. The molecule has 0 bridgehead atoms. The van der Waals surface area contributed by atoms with E-state index in [9.17, 15) is 9.59 Å². The van der Waals surface area contributed by atoms with Crippen LogP contribution in [0.1, 0.15) is 15.9 Å². The molecule has 0 unspecified atom stereocenters. The van der Waals surface area contributed by atoms with E-state index >= 15 is 0 Å². The highest BCUT2D eigenvalue weighted by molar-refractivity contribution is 6.31. The molecule has 5 heteroatoms. The van der Waals surface area contributed by atoms with Crippen LogP contribution in [0.2, 0.25) is 5.02 Å². The smallest absolute Gasteiger partial charge is 0.248 e. The van der Waals surface area contributed by atoms with Gasteiger partial charge in [0.05, 0.1) is 6.42 Å². The molecule has 0 aliphatic heterocycles. The molecule has 102 valence electrons. The molecular formula is C15H13ClN2O2. The molecule has 2 aromatic rings. The molecule has 3 N–H and O–H groups in total. The van der Waals surface area contributed by atoms with Crippen molar-refractivity contribution in [3.05, 3.63) is 64.7 Å². The fraction of sp³-hybridized carbons (Fsp3) is 0.0667. The van der Waals surface area contributed by atoms with Crippen LogP contribution in [0.4, 0.5) is 5.69 Å². The summed E-state index contributed by atoms with van der Waals surface area (Å²) in [6.07, 6.45) is 0.249. The first-order valence-corrected chi connectivity index (χ1v) is 6.36. The number of benzene rings is 2. The number of halogens is 1. The molecule has 2 aromatic carbocycles. The van der Waals surface area contributed by atoms with Crippen molar-refractivity contribution in [3.63, 3.8) is 0 Å². The maximum Gasteiger partial charge on any atom is 0.248 e. The first kappa shape index (κ1) is 14.1. The van der Waals surface area contributed by atoms with Crippen molar-refractivity contribution < 1.29 is 9.59 Å². The van der Waals surface area contributed by atoms with E-state index in [0.29, 0.717) is 10.7 Å². The van der Waals surface area contributed by atoms with Crippen LogP contribution in [0.25, 0.3) is 0 Å². The van der Waals surface area contributed by atoms with E-state index in [4.69, 9.17) is 17.3 Å². The van der Waals surface area contributed by atoms with Crippen molar-refractivity contribution in [2.45, 2.75) is 6.42 Å². The highest BCUT2D eigenvalue weighted by Gasteiger charge is 2.08. The molecule has 0 saturated carbocycles. The Labute approximate surface area is 121 Å². The monoisotopic (exact) mass is 288 g/mol. The van der Waals surface area contributed by atoms with Crippen molar-refractivity contribution >= 4 is 29.1 Å². The zero-order chi connectivity index (χ0) is 14.5. The molecule has 0 spiro atoms. The molecule has 2 rings (SSSR count). The van der Waals surface area contributed by atoms with Gasteiger partial charge in [-0.3, -0.25) is 9.59 Å². The summed E-state index contributed by atoms with van der Waals surface area (Å²) in [4.78, 5) is 23.0. The number of anilines is 1. The molecule has 0 aliphatic carbocycles. The number of hydrogen-bond donors (Lipinski definition) is 2. The largest absolute Gasteiger partial charge is 0.366 e. The Morgan fingerprint density at radius 2 is 1.80 bits per heavy atom. The summed E-state index contributed by atoms with van der Waals surface area (Å²) >= 11 is 5.88. The Hall–Kier alpha value is -2.33. The number of rotatable bonds is 4. The topological polar surface area (TPSA) is 72.2 Å². The molecule has 0 fully saturated rings. The fourth-order valence-corrected chi connectivity index (χ4v) is 2.03. The maximum atomic E-state index is 11.9. The van der Waals surface area contributed by atoms with E-state index in [1.165, 1.54) is 12.1 Å². The van der Waals surface area contributed by atoms with Crippen molar-refractivity contribution in [1.82, 2.24) is 0 Å². The summed E-state index contributed by atoms with van der Waals surface area (Å²) in [7, 11) is 0. The zero-order valence-electron chi connectivity index (χ0n) is 10.6. The predicted molar refractivity (Wildman–Crippen MR) is 78.7 cm³/mol. The van der Waals surface area contributed by atoms with Crippen LogP contribution < -0.4 is 11.1 Å². The number of amides is 2. The minimum absolute atomic E-state index is 0.186. The number of primary amides is 1. The maximum absolute atomic E-state index is 11.9. The number of carbonyl (C=O) groups is 2. The Morgan fingerprint density at radius 3 is 2.45 bits per heavy atom. The van der Waals surface area contributed by atoms with Crippen molar-refractivity contribution in [2.75, 3.05) is 5.32 Å². The molecular weight excluding hydrogens is 276 g/mol. The molecule has 0 aliphatic rings. The Kier molecular flexibility index (Phi) is 4.38. The average molecular weight is 289 g/mol. The lowest BCUT2D eigenvalue weighted by molar-refractivity contribution is -0.115. The lowest BCUT2D eigenvalue weighted by atomic mass is 10.1. The fourth-order valence-electron chi connectivity index (χ4n) is 1.79. The van der Waals surface area contributed by atoms with Gasteiger partial charge in [0.1, 0.15) is 0 Å². The van der Waals surface area contributed by atoms with Crippen LogP contribution in [0.3, 0.4) is 0 Å². The molecule has 0 heterocycles. The van der Waals surface area contributed by atoms with E-state index in [0.717, 1.165) is 5.56 Å². The number of nitrogens with two attached hydrogens (primary N) is 1. The van der Waals surface area contributed by atoms with Gasteiger partial charge in [0, 0.05) is 16.3 Å². The van der Waals surface area contributed by atoms with Crippen molar-refractivity contribution in [2.24, 2.45) is 5.73 Å². The summed E-state index contributed by atoms with van der Waals surface area (Å²) in [5.41, 5.74) is 6.81. The van der Waals surface area contributed by atoms with Crippen molar-refractivity contribution in [3.8, 4) is 0 Å². The van der Waals surface area contributed by atoms with E-state index in [1.54, 1.807) is 6.07 Å². The Morgan fingerprint density at radius 1 is 1.10 bits per heavy atom. The van der Waals surface area contributed by atoms with Gasteiger partial charge in [-0.15, -0.1) is 0 Å². The molecule has 0 saturated heterocycles. The van der Waals surface area contributed by atoms with Crippen LogP contribution in [0, 0.1) is 0 Å². The van der Waals surface area contributed by atoms with Crippen LogP contribution in [0.5, 0.6) is 0 Å². The predicted octanol–water partition coefficient (Wildman–Crippen LogP) is 2.62. The van der Waals surface area contributed by atoms with Gasteiger partial charge in [0.2, 0.25) is 11.8 Å². The standard InChI is InChI=1S/C15H13ClN2O2/c16-12-7-11(15(17)20)8-13(9-12)18-14(19)6-10-4-2-1-3-5-10/h1-5,7-9H,6H2,(H2,17,20)(H,18,19). The third-order valence-electron chi connectivity index (χ3n) is 2.67. The molecule has 2 amide bonds. The van der Waals surface area contributed by atoms with Gasteiger partial charge >= 0.3 is 0 Å². The number of hydrogen-bond acceptors (Lipinski definition) is 2. The second-order valence-electron chi connectivity index (χ2n) is 4.30. The first-order chi connectivity index (χ1) is 9.54. The van der Waals surface area contributed by atoms with Gasteiger partial charge in [-0.1, -0.05) is 41.9 Å². The van der Waals surface area contributed by atoms with Crippen LogP contribution >= 0.6 is 11.6 Å². The van der Waals surface area contributed by atoms with Gasteiger partial charge in [-0.05, 0) is 23.8 Å². The van der Waals surface area contributed by atoms with Gasteiger partial charge in [0.15, 0.2) is 0 Å². The van der Waals surface area contributed by atoms with Crippen LogP contribution in [0.15, 0.2) is 48.5 Å². The molecule has 4 nitrogen and oxygen atoms in total. The minimum Gasteiger partial charge on any atom is -0.366 e. The Bertz CT molecular complexity index is 642. The number of carbonyl (C=O) groups excluding carboxylic acids is 2. The van der Waals surface area contributed by atoms with E-state index in [1.807, 2.05) is 30.3 Å². The molecule has 0 atom stereocenters. The minimum atomic E-state index is -0.592. The van der Waals surface area contributed by atoms with Gasteiger partial charge in [-0.2, -0.15) is 0 Å². The van der Waals surface area contributed by atoms with Crippen LogP contribution in [-0.4, -0.2) is 11.8 Å². The number of nitrogens with one attached hydrogen (secondary N) is 1. The van der Waals surface area contributed by atoms with Gasteiger partial charge < -0.3 is 11.1 Å². The van der Waals surface area contributed by atoms with E-state index in [-0.39, 0.29) is 17.9 Å². The third kappa shape index (κ3) is 3.83. The second kappa shape index (κ2) is 6.21. The summed E-state index contributed by atoms with van der Waals surface area (Å²) in [5, 5.41) is 3.04. The van der Waals surface area contributed by atoms with Crippen molar-refractivity contribution in [1.29, 1.82) is 0 Å². The van der Waals surface area contributed by atoms with Gasteiger partial charge in [0.25, 0.3) is 0 Å². The highest BCUT2D eigenvalue weighted by atomic mass is 35.5. The lowest BCUT2D eigenvalue weighted by Crippen LogP contribution is -2.16. The average Bonchev–Trinajstić information content (AvgIpc) is 2.38. The highest BCUT2D eigenvalue weighted by Crippen LogP contribution is 2.19. The van der Waals surface area contributed by atoms with Gasteiger partial charge in [-0.25, -0.2) is 0 Å². The second-order valence-corrected chi connectivity index (χ2v) is 4.74. The SMILES string of the molecule is NC(=O)c1cc(Cl)cc(NC(=O)Cc2ccccc2)c1. The Balaban J connectivity index is 2.10. The summed E-state index contributed by atoms with van der Waals surface area (Å²) < 4.78 is 0. The van der Waals surface area contributed by atoms with E-state index in [2.05, 4.69) is 5.32 Å². The normalized spacial score (nSPS) is 10.1. The zero-order valence-corrected chi connectivity index (χ0v) is 11.4.